The molecule has 1 N–H and O–H groups in total. The molecule has 0 saturated carbocycles. The fraction of sp³-hybridized carbons (Fsp3) is 0.182. The zero-order chi connectivity index (χ0) is 12.9. The molecule has 17 heavy (non-hydrogen) atoms. The van der Waals surface area contributed by atoms with Crippen molar-refractivity contribution in [1.29, 1.82) is 0 Å². The zero-order valence-electron chi connectivity index (χ0n) is 9.02. The van der Waals surface area contributed by atoms with Gasteiger partial charge < -0.3 is 5.32 Å². The van der Waals surface area contributed by atoms with Crippen LogP contribution in [0.25, 0.3) is 0 Å². The molecule has 0 aliphatic heterocycles. The van der Waals surface area contributed by atoms with Crippen LogP contribution in [0.4, 0.5) is 5.69 Å². The number of amides is 1. The second-order valence-electron chi connectivity index (χ2n) is 3.40. The molecule has 0 aliphatic carbocycles. The highest BCUT2D eigenvalue weighted by Gasteiger charge is 2.14. The monoisotopic (exact) mass is 365 g/mol. The molecule has 0 aliphatic rings. The quantitative estimate of drug-likeness (QED) is 0.640. The van der Waals surface area contributed by atoms with Gasteiger partial charge in [0.05, 0.1) is 5.75 Å². The molecule has 1 amide bonds. The molecule has 0 saturated heterocycles. The van der Waals surface area contributed by atoms with Gasteiger partial charge in [0.25, 0.3) is 0 Å². The molecule has 1 aromatic carbocycles. The number of sulfone groups is 1. The lowest BCUT2D eigenvalue weighted by Gasteiger charge is -2.05. The minimum atomic E-state index is -3.39. The predicted molar refractivity (Wildman–Crippen MR) is 76.6 cm³/mol. The van der Waals surface area contributed by atoms with Gasteiger partial charge in [-0.3, -0.25) is 4.79 Å². The SMILES string of the molecule is C=CCS(=O)(=O)CC(=O)Nc1ccc(I)cc1. The molecule has 6 heteroatoms. The maximum Gasteiger partial charge on any atom is 0.239 e. The van der Waals surface area contributed by atoms with E-state index in [9.17, 15) is 13.2 Å². The van der Waals surface area contributed by atoms with Crippen LogP contribution in [0, 0.1) is 3.57 Å². The summed E-state index contributed by atoms with van der Waals surface area (Å²) in [7, 11) is -3.39. The summed E-state index contributed by atoms with van der Waals surface area (Å²) in [5, 5.41) is 2.53. The molecule has 0 radical (unpaired) electrons. The van der Waals surface area contributed by atoms with Crippen molar-refractivity contribution in [1.82, 2.24) is 0 Å². The normalized spacial score (nSPS) is 10.9. The van der Waals surface area contributed by atoms with Gasteiger partial charge in [-0.15, -0.1) is 6.58 Å². The number of anilines is 1. The molecule has 0 bridgehead atoms. The molecule has 0 heterocycles. The zero-order valence-corrected chi connectivity index (χ0v) is 12.0. The van der Waals surface area contributed by atoms with Crippen molar-refractivity contribution in [2.75, 3.05) is 16.8 Å². The van der Waals surface area contributed by atoms with Crippen LogP contribution in [0.1, 0.15) is 0 Å². The third-order valence-electron chi connectivity index (χ3n) is 1.85. The topological polar surface area (TPSA) is 63.2 Å². The van der Waals surface area contributed by atoms with Gasteiger partial charge in [-0.25, -0.2) is 8.42 Å². The van der Waals surface area contributed by atoms with E-state index in [0.717, 1.165) is 3.57 Å². The van der Waals surface area contributed by atoms with Crippen LogP contribution in [-0.2, 0) is 14.6 Å². The highest BCUT2D eigenvalue weighted by molar-refractivity contribution is 14.1. The van der Waals surface area contributed by atoms with Crippen molar-refractivity contribution in [3.05, 3.63) is 40.5 Å². The van der Waals surface area contributed by atoms with E-state index in [1.807, 2.05) is 12.1 Å². The van der Waals surface area contributed by atoms with Crippen molar-refractivity contribution in [2.24, 2.45) is 0 Å². The number of rotatable bonds is 5. The average Bonchev–Trinajstić information content (AvgIpc) is 2.20. The van der Waals surface area contributed by atoms with Gasteiger partial charge in [-0.2, -0.15) is 0 Å². The summed E-state index contributed by atoms with van der Waals surface area (Å²) in [6, 6.07) is 7.10. The first kappa shape index (κ1) is 14.2. The summed E-state index contributed by atoms with van der Waals surface area (Å²) in [6.07, 6.45) is 1.27. The number of halogens is 1. The first-order valence-corrected chi connectivity index (χ1v) is 7.70. The van der Waals surface area contributed by atoms with Crippen molar-refractivity contribution in [3.63, 3.8) is 0 Å². The molecular weight excluding hydrogens is 353 g/mol. The van der Waals surface area contributed by atoms with Gasteiger partial charge >= 0.3 is 0 Å². The van der Waals surface area contributed by atoms with Gasteiger partial charge in [0.1, 0.15) is 5.75 Å². The standard InChI is InChI=1S/C11H12INO3S/c1-2-7-17(15,16)8-11(14)13-10-5-3-9(12)4-6-10/h2-6H,1,7-8H2,(H,13,14). The Morgan fingerprint density at radius 2 is 1.94 bits per heavy atom. The Kier molecular flexibility index (Phi) is 5.13. The van der Waals surface area contributed by atoms with E-state index in [2.05, 4.69) is 34.5 Å². The summed E-state index contributed by atoms with van der Waals surface area (Å²) in [4.78, 5) is 11.5. The average molecular weight is 365 g/mol. The molecule has 0 atom stereocenters. The van der Waals surface area contributed by atoms with Crippen LogP contribution in [0.2, 0.25) is 0 Å². The maximum absolute atomic E-state index is 11.5. The Morgan fingerprint density at radius 3 is 2.47 bits per heavy atom. The largest absolute Gasteiger partial charge is 0.325 e. The lowest BCUT2D eigenvalue weighted by Crippen LogP contribution is -2.24. The Labute approximate surface area is 114 Å². The van der Waals surface area contributed by atoms with Crippen molar-refractivity contribution >= 4 is 44.0 Å². The van der Waals surface area contributed by atoms with E-state index >= 15 is 0 Å². The fourth-order valence-electron chi connectivity index (χ4n) is 1.17. The van der Waals surface area contributed by atoms with E-state index in [4.69, 9.17) is 0 Å². The number of hydrogen-bond acceptors (Lipinski definition) is 3. The third kappa shape index (κ3) is 5.31. The summed E-state index contributed by atoms with van der Waals surface area (Å²) in [6.45, 7) is 3.34. The molecule has 1 aromatic rings. The molecule has 0 fully saturated rings. The van der Waals surface area contributed by atoms with Crippen LogP contribution in [0.5, 0.6) is 0 Å². The van der Waals surface area contributed by atoms with Crippen LogP contribution >= 0.6 is 22.6 Å². The molecule has 0 spiro atoms. The van der Waals surface area contributed by atoms with E-state index in [-0.39, 0.29) is 5.75 Å². The minimum Gasteiger partial charge on any atom is -0.325 e. The number of hydrogen-bond donors (Lipinski definition) is 1. The Morgan fingerprint density at radius 1 is 1.35 bits per heavy atom. The minimum absolute atomic E-state index is 0.187. The van der Waals surface area contributed by atoms with Crippen LogP contribution < -0.4 is 5.32 Å². The number of benzene rings is 1. The van der Waals surface area contributed by atoms with Crippen molar-refractivity contribution in [2.45, 2.75) is 0 Å². The van der Waals surface area contributed by atoms with Crippen LogP contribution in [0.3, 0.4) is 0 Å². The summed E-state index contributed by atoms with van der Waals surface area (Å²) < 4.78 is 23.7. The van der Waals surface area contributed by atoms with Crippen molar-refractivity contribution < 1.29 is 13.2 Å². The smallest absolute Gasteiger partial charge is 0.239 e. The maximum atomic E-state index is 11.5. The van der Waals surface area contributed by atoms with Crippen LogP contribution in [-0.4, -0.2) is 25.8 Å². The highest BCUT2D eigenvalue weighted by Crippen LogP contribution is 2.11. The third-order valence-corrected chi connectivity index (χ3v) is 4.02. The van der Waals surface area contributed by atoms with Gasteiger partial charge in [0, 0.05) is 9.26 Å². The first-order valence-electron chi connectivity index (χ1n) is 4.80. The van der Waals surface area contributed by atoms with E-state index in [1.54, 1.807) is 12.1 Å². The molecule has 0 aromatic heterocycles. The van der Waals surface area contributed by atoms with E-state index in [1.165, 1.54) is 6.08 Å². The number of nitrogens with one attached hydrogen (secondary N) is 1. The number of carbonyl (C=O) groups is 1. The van der Waals surface area contributed by atoms with Crippen molar-refractivity contribution in [3.8, 4) is 0 Å². The number of carbonyl (C=O) groups excluding carboxylic acids is 1. The summed E-state index contributed by atoms with van der Waals surface area (Å²) in [5.74, 6) is -1.24. The molecule has 4 nitrogen and oxygen atoms in total. The van der Waals surface area contributed by atoms with E-state index in [0.29, 0.717) is 5.69 Å². The van der Waals surface area contributed by atoms with Gasteiger partial charge in [-0.05, 0) is 46.9 Å². The molecule has 0 unspecified atom stereocenters. The van der Waals surface area contributed by atoms with Crippen LogP contribution in [0.15, 0.2) is 36.9 Å². The van der Waals surface area contributed by atoms with E-state index < -0.39 is 21.5 Å². The van der Waals surface area contributed by atoms with Gasteiger partial charge in [0.2, 0.25) is 5.91 Å². The summed E-state index contributed by atoms with van der Waals surface area (Å²) >= 11 is 2.14. The van der Waals surface area contributed by atoms with Gasteiger partial charge in [0.15, 0.2) is 9.84 Å². The Bertz CT molecular complexity index is 508. The first-order chi connectivity index (χ1) is 7.93. The second kappa shape index (κ2) is 6.15. The second-order valence-corrected chi connectivity index (χ2v) is 6.75. The predicted octanol–water partition coefficient (Wildman–Crippen LogP) is 1.83. The Hall–Kier alpha value is -0.890. The fourth-order valence-corrected chi connectivity index (χ4v) is 2.48. The molecule has 1 rings (SSSR count). The lowest BCUT2D eigenvalue weighted by molar-refractivity contribution is -0.113. The lowest BCUT2D eigenvalue weighted by atomic mass is 10.3. The summed E-state index contributed by atoms with van der Waals surface area (Å²) in [5.41, 5.74) is 0.587. The Balaban J connectivity index is 2.61. The van der Waals surface area contributed by atoms with Gasteiger partial charge in [-0.1, -0.05) is 6.08 Å². The molecular formula is C11H12INO3S. The highest BCUT2D eigenvalue weighted by atomic mass is 127. The molecule has 92 valence electrons.